The van der Waals surface area contributed by atoms with E-state index >= 15 is 0 Å². The van der Waals surface area contributed by atoms with Crippen molar-refractivity contribution in [2.45, 2.75) is 39.5 Å². The van der Waals surface area contributed by atoms with Crippen molar-refractivity contribution < 1.29 is 4.74 Å². The van der Waals surface area contributed by atoms with Crippen molar-refractivity contribution in [1.29, 1.82) is 0 Å². The molecule has 0 aromatic heterocycles. The molecule has 0 amide bonds. The summed E-state index contributed by atoms with van der Waals surface area (Å²) in [5, 5.41) is 0. The average molecular weight is 225 g/mol. The van der Waals surface area contributed by atoms with Gasteiger partial charge >= 0.3 is 0 Å². The molecular formula is C14H27NO. The summed E-state index contributed by atoms with van der Waals surface area (Å²) in [5.41, 5.74) is 0. The van der Waals surface area contributed by atoms with Gasteiger partial charge in [0.15, 0.2) is 0 Å². The first kappa shape index (κ1) is 12.4. The predicted octanol–water partition coefficient (Wildman–Crippen LogP) is 2.78. The molecule has 2 heteroatoms. The van der Waals surface area contributed by atoms with Crippen LogP contribution in [-0.4, -0.2) is 37.7 Å². The molecule has 2 heterocycles. The summed E-state index contributed by atoms with van der Waals surface area (Å²) < 4.78 is 5.56. The lowest BCUT2D eigenvalue weighted by Gasteiger charge is -2.36. The minimum atomic E-state index is 0.810. The molecule has 94 valence electrons. The minimum Gasteiger partial charge on any atom is -0.381 e. The number of likely N-dealkylation sites (tertiary alicyclic amines) is 1. The molecule has 0 radical (unpaired) electrons. The van der Waals surface area contributed by atoms with Crippen LogP contribution in [0.1, 0.15) is 39.5 Å². The van der Waals surface area contributed by atoms with Gasteiger partial charge < -0.3 is 9.64 Å². The molecule has 2 aliphatic rings. The zero-order valence-corrected chi connectivity index (χ0v) is 11.0. The van der Waals surface area contributed by atoms with Crippen LogP contribution in [0, 0.1) is 17.8 Å². The summed E-state index contributed by atoms with van der Waals surface area (Å²) in [5.74, 6) is 2.66. The van der Waals surface area contributed by atoms with Crippen LogP contribution in [0.25, 0.3) is 0 Å². The summed E-state index contributed by atoms with van der Waals surface area (Å²) in [4.78, 5) is 2.66. The van der Waals surface area contributed by atoms with E-state index in [9.17, 15) is 0 Å². The maximum absolute atomic E-state index is 5.56. The van der Waals surface area contributed by atoms with Gasteiger partial charge in [-0.1, -0.05) is 13.8 Å². The molecule has 16 heavy (non-hydrogen) atoms. The van der Waals surface area contributed by atoms with E-state index in [1.54, 1.807) is 0 Å². The Bertz CT molecular complexity index is 191. The van der Waals surface area contributed by atoms with Crippen LogP contribution in [0.4, 0.5) is 0 Å². The van der Waals surface area contributed by atoms with E-state index in [1.165, 1.54) is 45.3 Å². The van der Waals surface area contributed by atoms with Crippen LogP contribution in [0.15, 0.2) is 0 Å². The normalized spacial score (nSPS) is 29.8. The molecule has 2 rings (SSSR count). The summed E-state index contributed by atoms with van der Waals surface area (Å²) in [7, 11) is 0. The monoisotopic (exact) mass is 225 g/mol. The van der Waals surface area contributed by atoms with Crippen molar-refractivity contribution in [2.24, 2.45) is 17.8 Å². The maximum atomic E-state index is 5.56. The van der Waals surface area contributed by atoms with Crippen molar-refractivity contribution in [1.82, 2.24) is 4.90 Å². The Morgan fingerprint density at radius 3 is 2.50 bits per heavy atom. The number of ether oxygens (including phenoxy) is 1. The third-order valence-corrected chi connectivity index (χ3v) is 4.35. The Labute approximate surface area is 100 Å². The fourth-order valence-electron chi connectivity index (χ4n) is 3.12. The molecule has 2 fully saturated rings. The highest BCUT2D eigenvalue weighted by Gasteiger charge is 2.24. The molecule has 2 aliphatic heterocycles. The van der Waals surface area contributed by atoms with Gasteiger partial charge in [0.25, 0.3) is 0 Å². The highest BCUT2D eigenvalue weighted by Crippen LogP contribution is 2.25. The van der Waals surface area contributed by atoms with Crippen LogP contribution in [0.3, 0.4) is 0 Å². The van der Waals surface area contributed by atoms with E-state index in [2.05, 4.69) is 18.7 Å². The molecular weight excluding hydrogens is 198 g/mol. The van der Waals surface area contributed by atoms with Gasteiger partial charge in [-0.25, -0.2) is 0 Å². The Kier molecular flexibility index (Phi) is 4.66. The molecule has 0 bridgehead atoms. The van der Waals surface area contributed by atoms with Gasteiger partial charge in [0.05, 0.1) is 6.61 Å². The summed E-state index contributed by atoms with van der Waals surface area (Å²) in [6.07, 6.45) is 5.47. The first-order chi connectivity index (χ1) is 7.75. The van der Waals surface area contributed by atoms with Crippen LogP contribution in [0.5, 0.6) is 0 Å². The van der Waals surface area contributed by atoms with E-state index in [4.69, 9.17) is 4.74 Å². The summed E-state index contributed by atoms with van der Waals surface area (Å²) in [6.45, 7) is 10.7. The molecule has 0 aromatic carbocycles. The molecule has 0 aliphatic carbocycles. The van der Waals surface area contributed by atoms with Gasteiger partial charge in [0.2, 0.25) is 0 Å². The fourth-order valence-corrected chi connectivity index (χ4v) is 3.12. The highest BCUT2D eigenvalue weighted by molar-refractivity contribution is 4.76. The first-order valence-corrected chi connectivity index (χ1v) is 7.06. The van der Waals surface area contributed by atoms with Gasteiger partial charge in [0.1, 0.15) is 0 Å². The zero-order valence-electron chi connectivity index (χ0n) is 11.0. The number of piperidine rings is 1. The third kappa shape index (κ3) is 3.46. The second-order valence-corrected chi connectivity index (χ2v) is 5.97. The van der Waals surface area contributed by atoms with E-state index in [-0.39, 0.29) is 0 Å². The van der Waals surface area contributed by atoms with E-state index < -0.39 is 0 Å². The van der Waals surface area contributed by atoms with Crippen molar-refractivity contribution in [3.63, 3.8) is 0 Å². The smallest absolute Gasteiger partial charge is 0.0506 e. The Morgan fingerprint density at radius 2 is 1.94 bits per heavy atom. The minimum absolute atomic E-state index is 0.810. The molecule has 1 unspecified atom stereocenters. The SMILES string of the molecule is CC(C)C1CCN(CC2CCCOC2)CC1. The van der Waals surface area contributed by atoms with Crippen molar-refractivity contribution in [2.75, 3.05) is 32.8 Å². The third-order valence-electron chi connectivity index (χ3n) is 4.35. The van der Waals surface area contributed by atoms with Gasteiger partial charge in [-0.15, -0.1) is 0 Å². The quantitative estimate of drug-likeness (QED) is 0.732. The maximum Gasteiger partial charge on any atom is 0.0506 e. The Balaban J connectivity index is 1.68. The predicted molar refractivity (Wildman–Crippen MR) is 67.5 cm³/mol. The standard InChI is InChI=1S/C14H27NO/c1-12(2)14-5-7-15(8-6-14)10-13-4-3-9-16-11-13/h12-14H,3-11H2,1-2H3. The van der Waals surface area contributed by atoms with E-state index in [0.717, 1.165) is 31.0 Å². The van der Waals surface area contributed by atoms with Crippen molar-refractivity contribution in [3.8, 4) is 0 Å². The van der Waals surface area contributed by atoms with Gasteiger partial charge in [-0.3, -0.25) is 0 Å². The average Bonchev–Trinajstić information content (AvgIpc) is 2.31. The van der Waals surface area contributed by atoms with Crippen LogP contribution in [-0.2, 0) is 4.74 Å². The number of nitrogens with zero attached hydrogens (tertiary/aromatic N) is 1. The lowest BCUT2D eigenvalue weighted by molar-refractivity contribution is 0.0309. The zero-order chi connectivity index (χ0) is 11.4. The van der Waals surface area contributed by atoms with E-state index in [0.29, 0.717) is 0 Å². The molecule has 2 saturated heterocycles. The van der Waals surface area contributed by atoms with Crippen LogP contribution >= 0.6 is 0 Å². The first-order valence-electron chi connectivity index (χ1n) is 7.06. The number of rotatable bonds is 3. The molecule has 0 aromatic rings. The lowest BCUT2D eigenvalue weighted by atomic mass is 9.86. The van der Waals surface area contributed by atoms with E-state index in [1.807, 2.05) is 0 Å². The Morgan fingerprint density at radius 1 is 1.19 bits per heavy atom. The summed E-state index contributed by atoms with van der Waals surface area (Å²) >= 11 is 0. The van der Waals surface area contributed by atoms with Crippen molar-refractivity contribution in [3.05, 3.63) is 0 Å². The molecule has 0 N–H and O–H groups in total. The van der Waals surface area contributed by atoms with Gasteiger partial charge in [-0.2, -0.15) is 0 Å². The molecule has 0 saturated carbocycles. The van der Waals surface area contributed by atoms with Crippen LogP contribution in [0.2, 0.25) is 0 Å². The van der Waals surface area contributed by atoms with Crippen LogP contribution < -0.4 is 0 Å². The molecule has 2 nitrogen and oxygen atoms in total. The highest BCUT2D eigenvalue weighted by atomic mass is 16.5. The second kappa shape index (κ2) is 6.02. The Hall–Kier alpha value is -0.0800. The number of hydrogen-bond acceptors (Lipinski definition) is 2. The summed E-state index contributed by atoms with van der Waals surface area (Å²) in [6, 6.07) is 0. The fraction of sp³-hybridized carbons (Fsp3) is 1.00. The molecule has 1 atom stereocenters. The van der Waals surface area contributed by atoms with Gasteiger partial charge in [-0.05, 0) is 56.5 Å². The van der Waals surface area contributed by atoms with Crippen molar-refractivity contribution >= 4 is 0 Å². The largest absolute Gasteiger partial charge is 0.381 e. The lowest BCUT2D eigenvalue weighted by Crippen LogP contribution is -2.40. The topological polar surface area (TPSA) is 12.5 Å². The second-order valence-electron chi connectivity index (χ2n) is 5.97. The molecule has 0 spiro atoms. The van der Waals surface area contributed by atoms with Gasteiger partial charge in [0, 0.05) is 13.2 Å². The number of hydrogen-bond donors (Lipinski definition) is 0.